The Kier molecular flexibility index (Phi) is 5.72. The van der Waals surface area contributed by atoms with E-state index >= 15 is 0 Å². The van der Waals surface area contributed by atoms with Gasteiger partial charge in [-0.05, 0) is 24.1 Å². The first-order valence-electron chi connectivity index (χ1n) is 10.0. The quantitative estimate of drug-likeness (QED) is 0.588. The fraction of sp³-hybridized carbons (Fsp3) is 0.333. The van der Waals surface area contributed by atoms with Gasteiger partial charge in [-0.1, -0.05) is 6.92 Å². The highest BCUT2D eigenvalue weighted by Gasteiger charge is 2.34. The Morgan fingerprint density at radius 1 is 1.09 bits per heavy atom. The Hall–Kier alpha value is -3.63. The van der Waals surface area contributed by atoms with E-state index in [-0.39, 0.29) is 24.1 Å². The number of fused-ring (bicyclic) bond motifs is 1. The Morgan fingerprint density at radius 3 is 2.50 bits per heavy atom. The van der Waals surface area contributed by atoms with Gasteiger partial charge in [0.2, 0.25) is 11.9 Å². The van der Waals surface area contributed by atoms with Gasteiger partial charge < -0.3 is 15.1 Å². The standard InChI is InChI=1S/C21H22F3N7O/c1-4-16-20(32)30(3)17-9-26-21(28-19(17)29(16)2)25-7-13-8-27-31(11-13)10-12-5-14(22)18(24)15(23)6-12/h5-6,8-9,11,16H,4,7,10H2,1-3H3,(H,25,26,28)/t16-/m0/s1. The number of hydrogen-bond donors (Lipinski definition) is 1. The molecule has 0 spiro atoms. The second-order valence-corrected chi connectivity index (χ2v) is 7.61. The minimum atomic E-state index is -1.49. The smallest absolute Gasteiger partial charge is 0.249 e. The van der Waals surface area contributed by atoms with Gasteiger partial charge in [0.05, 0.1) is 18.9 Å². The third-order valence-corrected chi connectivity index (χ3v) is 5.44. The molecule has 0 fully saturated rings. The van der Waals surface area contributed by atoms with Crippen molar-refractivity contribution in [1.82, 2.24) is 19.7 Å². The van der Waals surface area contributed by atoms with Crippen LogP contribution < -0.4 is 15.1 Å². The normalized spacial score (nSPS) is 15.8. The maximum atomic E-state index is 13.4. The maximum Gasteiger partial charge on any atom is 0.249 e. The maximum absolute atomic E-state index is 13.4. The molecule has 1 atom stereocenters. The average molecular weight is 445 g/mol. The second-order valence-electron chi connectivity index (χ2n) is 7.61. The Bertz CT molecular complexity index is 1140. The van der Waals surface area contributed by atoms with Gasteiger partial charge in [0.1, 0.15) is 11.7 Å². The molecule has 3 heterocycles. The van der Waals surface area contributed by atoms with Crippen molar-refractivity contribution in [3.63, 3.8) is 0 Å². The molecule has 1 N–H and O–H groups in total. The molecule has 32 heavy (non-hydrogen) atoms. The van der Waals surface area contributed by atoms with Crippen molar-refractivity contribution < 1.29 is 18.0 Å². The number of benzene rings is 1. The number of nitrogens with zero attached hydrogens (tertiary/aromatic N) is 6. The van der Waals surface area contributed by atoms with E-state index in [2.05, 4.69) is 20.4 Å². The van der Waals surface area contributed by atoms with Gasteiger partial charge in [-0.3, -0.25) is 9.48 Å². The van der Waals surface area contributed by atoms with Crippen LogP contribution in [-0.2, 0) is 17.9 Å². The van der Waals surface area contributed by atoms with Gasteiger partial charge >= 0.3 is 0 Å². The fourth-order valence-electron chi connectivity index (χ4n) is 3.70. The van der Waals surface area contributed by atoms with Crippen molar-refractivity contribution in [2.45, 2.75) is 32.5 Å². The average Bonchev–Trinajstić information content (AvgIpc) is 3.22. The topological polar surface area (TPSA) is 79.2 Å². The van der Waals surface area contributed by atoms with Crippen LogP contribution in [0.4, 0.5) is 30.6 Å². The third kappa shape index (κ3) is 3.97. The number of halogens is 3. The molecule has 2 aromatic heterocycles. The summed E-state index contributed by atoms with van der Waals surface area (Å²) in [7, 11) is 3.54. The molecule has 168 valence electrons. The minimum Gasteiger partial charge on any atom is -0.350 e. The van der Waals surface area contributed by atoms with Crippen LogP contribution in [0.25, 0.3) is 0 Å². The number of carbonyl (C=O) groups is 1. The molecule has 0 saturated heterocycles. The van der Waals surface area contributed by atoms with Crippen molar-refractivity contribution in [3.8, 4) is 0 Å². The predicted octanol–water partition coefficient (Wildman–Crippen LogP) is 2.94. The zero-order valence-corrected chi connectivity index (χ0v) is 17.8. The van der Waals surface area contributed by atoms with Gasteiger partial charge in [-0.2, -0.15) is 10.1 Å². The number of likely N-dealkylation sites (N-methyl/N-ethyl adjacent to an activating group) is 2. The lowest BCUT2D eigenvalue weighted by Crippen LogP contribution is -2.50. The first kappa shape index (κ1) is 21.6. The van der Waals surface area contributed by atoms with Crippen LogP contribution in [0, 0.1) is 17.5 Å². The number of nitrogens with one attached hydrogen (secondary N) is 1. The molecule has 0 bridgehead atoms. The lowest BCUT2D eigenvalue weighted by molar-refractivity contribution is -0.119. The predicted molar refractivity (Wildman–Crippen MR) is 113 cm³/mol. The van der Waals surface area contributed by atoms with E-state index in [9.17, 15) is 18.0 Å². The molecule has 1 amide bonds. The molecule has 0 saturated carbocycles. The van der Waals surface area contributed by atoms with Crippen molar-refractivity contribution >= 4 is 23.4 Å². The van der Waals surface area contributed by atoms with E-state index in [1.54, 1.807) is 30.5 Å². The van der Waals surface area contributed by atoms with Crippen molar-refractivity contribution in [2.24, 2.45) is 0 Å². The van der Waals surface area contributed by atoms with E-state index in [1.807, 2.05) is 18.9 Å². The van der Waals surface area contributed by atoms with E-state index in [0.29, 0.717) is 30.4 Å². The van der Waals surface area contributed by atoms with Gasteiger partial charge in [-0.15, -0.1) is 0 Å². The minimum absolute atomic E-state index is 0.000130. The lowest BCUT2D eigenvalue weighted by atomic mass is 10.1. The van der Waals surface area contributed by atoms with Gasteiger partial charge in [0, 0.05) is 32.4 Å². The van der Waals surface area contributed by atoms with Crippen LogP contribution in [-0.4, -0.2) is 45.8 Å². The first-order valence-corrected chi connectivity index (χ1v) is 10.0. The molecule has 1 aliphatic rings. The summed E-state index contributed by atoms with van der Waals surface area (Å²) in [6.07, 6.45) is 5.57. The van der Waals surface area contributed by atoms with Gasteiger partial charge in [0.15, 0.2) is 23.3 Å². The fourth-order valence-corrected chi connectivity index (χ4v) is 3.70. The third-order valence-electron chi connectivity index (χ3n) is 5.44. The summed E-state index contributed by atoms with van der Waals surface area (Å²) in [5.74, 6) is -2.91. The van der Waals surface area contributed by atoms with Crippen molar-refractivity contribution in [3.05, 3.63) is 59.3 Å². The van der Waals surface area contributed by atoms with Crippen LogP contribution in [0.1, 0.15) is 24.5 Å². The number of amides is 1. The second kappa shape index (κ2) is 8.48. The summed E-state index contributed by atoms with van der Waals surface area (Å²) >= 11 is 0. The van der Waals surface area contributed by atoms with E-state index in [4.69, 9.17) is 0 Å². The highest BCUT2D eigenvalue weighted by Crippen LogP contribution is 2.33. The SMILES string of the molecule is CC[C@H]1C(=O)N(C)c2cnc(NCc3cnn(Cc4cc(F)c(F)c(F)c4)c3)nc2N1C. The van der Waals surface area contributed by atoms with E-state index < -0.39 is 17.5 Å². The summed E-state index contributed by atoms with van der Waals surface area (Å²) in [4.78, 5) is 24.7. The molecule has 0 unspecified atom stereocenters. The summed E-state index contributed by atoms with van der Waals surface area (Å²) in [6.45, 7) is 2.40. The molecule has 3 aromatic rings. The Labute approximate surface area is 182 Å². The summed E-state index contributed by atoms with van der Waals surface area (Å²) < 4.78 is 41.4. The number of anilines is 3. The largest absolute Gasteiger partial charge is 0.350 e. The highest BCUT2D eigenvalue weighted by molar-refractivity contribution is 6.04. The highest BCUT2D eigenvalue weighted by atomic mass is 19.2. The zero-order valence-electron chi connectivity index (χ0n) is 17.8. The molecule has 0 radical (unpaired) electrons. The molecular weight excluding hydrogens is 423 g/mol. The number of hydrogen-bond acceptors (Lipinski definition) is 6. The van der Waals surface area contributed by atoms with Crippen molar-refractivity contribution in [1.29, 1.82) is 0 Å². The zero-order chi connectivity index (χ0) is 23.0. The lowest BCUT2D eigenvalue weighted by Gasteiger charge is -2.37. The summed E-state index contributed by atoms with van der Waals surface area (Å²) in [5.41, 5.74) is 1.69. The molecule has 1 aromatic carbocycles. The number of aromatic nitrogens is 4. The van der Waals surface area contributed by atoms with Gasteiger partial charge in [0.25, 0.3) is 0 Å². The van der Waals surface area contributed by atoms with Crippen LogP contribution in [0.3, 0.4) is 0 Å². The molecule has 11 heteroatoms. The number of rotatable bonds is 6. The molecule has 1 aliphatic heterocycles. The molecular formula is C21H22F3N7O. The summed E-state index contributed by atoms with van der Waals surface area (Å²) in [6, 6.07) is 1.61. The monoisotopic (exact) mass is 445 g/mol. The number of carbonyl (C=O) groups excluding carboxylic acids is 1. The molecule has 0 aliphatic carbocycles. The van der Waals surface area contributed by atoms with Crippen LogP contribution in [0.15, 0.2) is 30.7 Å². The van der Waals surface area contributed by atoms with Crippen molar-refractivity contribution in [2.75, 3.05) is 29.2 Å². The van der Waals surface area contributed by atoms with E-state index in [0.717, 1.165) is 17.7 Å². The van der Waals surface area contributed by atoms with Gasteiger partial charge in [-0.25, -0.2) is 18.2 Å². The Morgan fingerprint density at radius 2 is 1.81 bits per heavy atom. The molecule has 4 rings (SSSR count). The van der Waals surface area contributed by atoms with Crippen LogP contribution >= 0.6 is 0 Å². The Balaban J connectivity index is 1.45. The first-order chi connectivity index (χ1) is 15.3. The van der Waals surface area contributed by atoms with E-state index in [1.165, 1.54) is 4.68 Å². The molecule has 8 nitrogen and oxygen atoms in total. The summed E-state index contributed by atoms with van der Waals surface area (Å²) in [5, 5.41) is 7.29. The van der Waals surface area contributed by atoms with Crippen LogP contribution in [0.5, 0.6) is 0 Å². The van der Waals surface area contributed by atoms with Crippen LogP contribution in [0.2, 0.25) is 0 Å².